The van der Waals surface area contributed by atoms with Crippen molar-refractivity contribution >= 4 is 16.9 Å². The molecule has 22 heavy (non-hydrogen) atoms. The van der Waals surface area contributed by atoms with E-state index >= 15 is 0 Å². The summed E-state index contributed by atoms with van der Waals surface area (Å²) in [6.45, 7) is 3.92. The minimum absolute atomic E-state index is 0.186. The van der Waals surface area contributed by atoms with Crippen molar-refractivity contribution in [1.82, 2.24) is 14.9 Å². The summed E-state index contributed by atoms with van der Waals surface area (Å²) in [6.07, 6.45) is 0. The van der Waals surface area contributed by atoms with Gasteiger partial charge in [-0.1, -0.05) is 17.3 Å². The molecule has 7 heteroatoms. The fourth-order valence-electron chi connectivity index (χ4n) is 2.32. The lowest BCUT2D eigenvalue weighted by atomic mass is 10.1. The van der Waals surface area contributed by atoms with Crippen LogP contribution in [0.25, 0.3) is 22.2 Å². The van der Waals surface area contributed by atoms with Crippen LogP contribution in [-0.2, 0) is 6.54 Å². The summed E-state index contributed by atoms with van der Waals surface area (Å²) in [5.41, 5.74) is 1.36. The van der Waals surface area contributed by atoms with Gasteiger partial charge in [0.2, 0.25) is 0 Å². The number of benzene rings is 1. The predicted molar refractivity (Wildman–Crippen MR) is 78.9 cm³/mol. The summed E-state index contributed by atoms with van der Waals surface area (Å²) in [5, 5.41) is 17.7. The third kappa shape index (κ3) is 2.07. The lowest BCUT2D eigenvalue weighted by Crippen LogP contribution is -2.23. The Morgan fingerprint density at radius 1 is 1.32 bits per heavy atom. The van der Waals surface area contributed by atoms with E-state index in [4.69, 9.17) is 9.63 Å². The number of carbonyl (C=O) groups is 1. The first-order valence-corrected chi connectivity index (χ1v) is 6.73. The van der Waals surface area contributed by atoms with E-state index in [0.717, 1.165) is 0 Å². The molecule has 0 radical (unpaired) electrons. The summed E-state index contributed by atoms with van der Waals surface area (Å²) < 4.78 is 6.43. The van der Waals surface area contributed by atoms with Crippen molar-refractivity contribution in [2.75, 3.05) is 0 Å². The molecule has 7 nitrogen and oxygen atoms in total. The molecule has 1 aromatic carbocycles. The number of aromatic carboxylic acids is 1. The molecule has 0 amide bonds. The molecular weight excluding hydrogens is 286 g/mol. The number of carboxylic acid groups (broad SMARTS) is 1. The maximum atomic E-state index is 12.2. The first kappa shape index (κ1) is 14.0. The minimum Gasteiger partial charge on any atom is -0.478 e. The number of aryl methyl sites for hydroxylation is 2. The van der Waals surface area contributed by atoms with Gasteiger partial charge >= 0.3 is 5.97 Å². The van der Waals surface area contributed by atoms with Crippen molar-refractivity contribution < 1.29 is 14.4 Å². The van der Waals surface area contributed by atoms with E-state index in [1.807, 2.05) is 6.92 Å². The number of carboxylic acids is 1. The van der Waals surface area contributed by atoms with Gasteiger partial charge in [-0.05, 0) is 26.0 Å². The van der Waals surface area contributed by atoms with Crippen molar-refractivity contribution in [3.05, 3.63) is 45.9 Å². The van der Waals surface area contributed by atoms with E-state index in [1.54, 1.807) is 19.1 Å². The Hall–Kier alpha value is -2.96. The summed E-state index contributed by atoms with van der Waals surface area (Å²) in [7, 11) is 0. The number of hydrogen-bond acceptors (Lipinski definition) is 5. The minimum atomic E-state index is -0.996. The third-order valence-corrected chi connectivity index (χ3v) is 3.46. The second-order valence-corrected chi connectivity index (χ2v) is 4.81. The molecule has 2 aromatic heterocycles. The molecule has 0 saturated heterocycles. The number of fused-ring (bicyclic) bond motifs is 1. The van der Waals surface area contributed by atoms with Crippen LogP contribution in [0.4, 0.5) is 0 Å². The van der Waals surface area contributed by atoms with Gasteiger partial charge in [-0.15, -0.1) is 0 Å². The van der Waals surface area contributed by atoms with Crippen molar-refractivity contribution in [2.24, 2.45) is 0 Å². The molecule has 0 aliphatic rings. The first-order valence-electron chi connectivity index (χ1n) is 6.73. The average molecular weight is 299 g/mol. The highest BCUT2D eigenvalue weighted by Crippen LogP contribution is 2.27. The highest BCUT2D eigenvalue weighted by atomic mass is 16.5. The van der Waals surface area contributed by atoms with Gasteiger partial charge in [-0.25, -0.2) is 9.48 Å². The number of rotatable bonds is 3. The Morgan fingerprint density at radius 3 is 2.59 bits per heavy atom. The van der Waals surface area contributed by atoms with Crippen LogP contribution in [-0.4, -0.2) is 26.0 Å². The molecule has 3 rings (SSSR count). The Kier molecular flexibility index (Phi) is 3.25. The van der Waals surface area contributed by atoms with Crippen LogP contribution >= 0.6 is 0 Å². The highest BCUT2D eigenvalue weighted by Gasteiger charge is 2.18. The summed E-state index contributed by atoms with van der Waals surface area (Å²) in [6, 6.07) is 6.30. The van der Waals surface area contributed by atoms with Crippen molar-refractivity contribution in [2.45, 2.75) is 20.4 Å². The normalized spacial score (nSPS) is 11.0. The molecule has 2 heterocycles. The van der Waals surface area contributed by atoms with Crippen LogP contribution in [0.3, 0.4) is 0 Å². The third-order valence-electron chi connectivity index (χ3n) is 3.46. The maximum absolute atomic E-state index is 12.2. The topological polar surface area (TPSA) is 98.2 Å². The summed E-state index contributed by atoms with van der Waals surface area (Å²) in [5.74, 6) is -0.496. The van der Waals surface area contributed by atoms with Crippen LogP contribution in [0, 0.1) is 6.92 Å². The van der Waals surface area contributed by atoms with E-state index in [0.29, 0.717) is 28.9 Å². The molecular formula is C15H13N3O4. The molecule has 0 unspecified atom stereocenters. The lowest BCUT2D eigenvalue weighted by molar-refractivity contribution is 0.0697. The van der Waals surface area contributed by atoms with Crippen LogP contribution in [0.1, 0.15) is 23.0 Å². The van der Waals surface area contributed by atoms with Gasteiger partial charge < -0.3 is 9.63 Å². The van der Waals surface area contributed by atoms with Crippen molar-refractivity contribution in [3.63, 3.8) is 0 Å². The van der Waals surface area contributed by atoms with Crippen molar-refractivity contribution in [1.29, 1.82) is 0 Å². The van der Waals surface area contributed by atoms with E-state index in [2.05, 4.69) is 10.3 Å². The molecule has 0 aliphatic carbocycles. The van der Waals surface area contributed by atoms with Crippen LogP contribution in [0.2, 0.25) is 0 Å². The second kappa shape index (κ2) is 5.10. The van der Waals surface area contributed by atoms with Crippen molar-refractivity contribution in [3.8, 4) is 11.3 Å². The van der Waals surface area contributed by atoms with Crippen LogP contribution in [0.15, 0.2) is 33.6 Å². The maximum Gasteiger partial charge on any atom is 0.335 e. The van der Waals surface area contributed by atoms with E-state index < -0.39 is 5.97 Å². The largest absolute Gasteiger partial charge is 0.478 e. The molecule has 3 aromatic rings. The Bertz CT molecular complexity index is 922. The molecule has 0 bridgehead atoms. The molecule has 0 atom stereocenters. The van der Waals surface area contributed by atoms with Gasteiger partial charge in [-0.2, -0.15) is 5.10 Å². The SMILES string of the molecule is CCn1nc(-c2ccc(C(=O)O)cc2)c2c(C)onc2c1=O. The van der Waals surface area contributed by atoms with E-state index in [1.165, 1.54) is 16.8 Å². The predicted octanol–water partition coefficient (Wildman–Crippen LogP) is 2.08. The van der Waals surface area contributed by atoms with Gasteiger partial charge in [0.25, 0.3) is 5.56 Å². The van der Waals surface area contributed by atoms with Gasteiger partial charge in [-0.3, -0.25) is 4.79 Å². The van der Waals surface area contributed by atoms with Gasteiger partial charge in [0.1, 0.15) is 11.5 Å². The monoisotopic (exact) mass is 299 g/mol. The second-order valence-electron chi connectivity index (χ2n) is 4.81. The van der Waals surface area contributed by atoms with Gasteiger partial charge in [0.15, 0.2) is 5.52 Å². The standard InChI is InChI=1S/C15H13N3O4/c1-3-18-14(19)13-11(8(2)22-17-13)12(16-18)9-4-6-10(7-5-9)15(20)21/h4-7H,3H2,1-2H3,(H,20,21). The van der Waals surface area contributed by atoms with Crippen LogP contribution in [0.5, 0.6) is 0 Å². The fourth-order valence-corrected chi connectivity index (χ4v) is 2.32. The number of nitrogens with zero attached hydrogens (tertiary/aromatic N) is 3. The zero-order valence-corrected chi connectivity index (χ0v) is 12.0. The van der Waals surface area contributed by atoms with Crippen LogP contribution < -0.4 is 5.56 Å². The molecule has 1 N–H and O–H groups in total. The van der Waals surface area contributed by atoms with Gasteiger partial charge in [0, 0.05) is 12.1 Å². The quantitative estimate of drug-likeness (QED) is 0.795. The fraction of sp³-hybridized carbons (Fsp3) is 0.200. The molecule has 112 valence electrons. The Balaban J connectivity index is 2.29. The lowest BCUT2D eigenvalue weighted by Gasteiger charge is -2.07. The Morgan fingerprint density at radius 2 is 2.00 bits per heavy atom. The summed E-state index contributed by atoms with van der Waals surface area (Å²) >= 11 is 0. The highest BCUT2D eigenvalue weighted by molar-refractivity contribution is 5.94. The Labute approximate surface area is 124 Å². The smallest absolute Gasteiger partial charge is 0.335 e. The molecule has 0 fully saturated rings. The summed E-state index contributed by atoms with van der Waals surface area (Å²) in [4.78, 5) is 23.1. The number of aromatic nitrogens is 3. The van der Waals surface area contributed by atoms with E-state index in [-0.39, 0.29) is 16.6 Å². The molecule has 0 aliphatic heterocycles. The zero-order chi connectivity index (χ0) is 15.9. The van der Waals surface area contributed by atoms with E-state index in [9.17, 15) is 9.59 Å². The molecule has 0 spiro atoms. The molecule has 0 saturated carbocycles. The average Bonchev–Trinajstić information content (AvgIpc) is 2.91. The van der Waals surface area contributed by atoms with Gasteiger partial charge in [0.05, 0.1) is 10.9 Å². The number of hydrogen-bond donors (Lipinski definition) is 1. The first-order chi connectivity index (χ1) is 10.5. The zero-order valence-electron chi connectivity index (χ0n) is 12.0.